The highest BCUT2D eigenvalue weighted by Gasteiger charge is 1.94. The number of nitrogens with two attached hydrogens (primary N) is 2. The average molecular weight is 239 g/mol. The van der Waals surface area contributed by atoms with Crippen molar-refractivity contribution < 1.29 is 0 Å². The van der Waals surface area contributed by atoms with Crippen molar-refractivity contribution in [2.24, 2.45) is 5.73 Å². The van der Waals surface area contributed by atoms with E-state index in [4.69, 9.17) is 11.5 Å². The van der Waals surface area contributed by atoms with Gasteiger partial charge in [-0.15, -0.1) is 0 Å². The molecule has 4 N–H and O–H groups in total. The fourth-order valence-corrected chi connectivity index (χ4v) is 1.22. The Morgan fingerprint density at radius 2 is 2.15 bits per heavy atom. The number of benzene rings is 1. The second kappa shape index (κ2) is 4.90. The third-order valence-electron chi connectivity index (χ3n) is 1.50. The Morgan fingerprint density at radius 1 is 1.38 bits per heavy atom. The van der Waals surface area contributed by atoms with Crippen LogP contribution >= 0.6 is 15.9 Å². The minimum atomic E-state index is 0.600. The third-order valence-corrected chi connectivity index (χ3v) is 2.19. The Kier molecular flexibility index (Phi) is 3.81. The van der Waals surface area contributed by atoms with E-state index < -0.39 is 0 Å². The molecule has 0 unspecified atom stereocenters. The summed E-state index contributed by atoms with van der Waals surface area (Å²) in [5, 5.41) is 0. The van der Waals surface area contributed by atoms with Gasteiger partial charge in [0.15, 0.2) is 0 Å². The maximum atomic E-state index is 5.63. The Morgan fingerprint density at radius 3 is 2.77 bits per heavy atom. The molecule has 0 radical (unpaired) electrons. The Hall–Kier alpha value is -0.980. The van der Waals surface area contributed by atoms with Crippen molar-refractivity contribution in [1.29, 1.82) is 0 Å². The molecule has 0 heterocycles. The predicted molar refractivity (Wildman–Crippen MR) is 59.1 cm³/mol. The van der Waals surface area contributed by atoms with Crippen LogP contribution in [0.5, 0.6) is 0 Å². The first kappa shape index (κ1) is 10.1. The quantitative estimate of drug-likeness (QED) is 0.579. The van der Waals surface area contributed by atoms with Gasteiger partial charge < -0.3 is 11.5 Å². The van der Waals surface area contributed by atoms with Crippen molar-refractivity contribution in [2.75, 3.05) is 12.3 Å². The van der Waals surface area contributed by atoms with Crippen molar-refractivity contribution in [2.45, 2.75) is 6.42 Å². The van der Waals surface area contributed by atoms with Crippen LogP contribution in [-0.2, 0) is 0 Å². The SMILES string of the molecule is NCCC#Cc1ccc(N)c(Br)c1. The van der Waals surface area contributed by atoms with Gasteiger partial charge in [-0.3, -0.25) is 0 Å². The van der Waals surface area contributed by atoms with Crippen LogP contribution in [0.15, 0.2) is 22.7 Å². The molecule has 0 amide bonds. The maximum absolute atomic E-state index is 5.63. The molecule has 0 fully saturated rings. The summed E-state index contributed by atoms with van der Waals surface area (Å²) >= 11 is 3.34. The van der Waals surface area contributed by atoms with Gasteiger partial charge in [0.1, 0.15) is 0 Å². The molecule has 0 atom stereocenters. The van der Waals surface area contributed by atoms with Crippen molar-refractivity contribution in [3.8, 4) is 11.8 Å². The van der Waals surface area contributed by atoms with E-state index in [2.05, 4.69) is 27.8 Å². The number of nitrogen functional groups attached to an aromatic ring is 1. The number of hydrogen-bond donors (Lipinski definition) is 2. The van der Waals surface area contributed by atoms with Crippen molar-refractivity contribution >= 4 is 21.6 Å². The number of hydrogen-bond acceptors (Lipinski definition) is 2. The minimum Gasteiger partial charge on any atom is -0.398 e. The van der Waals surface area contributed by atoms with Crippen LogP contribution in [0.3, 0.4) is 0 Å². The number of halogens is 1. The van der Waals surface area contributed by atoms with Crippen molar-refractivity contribution in [1.82, 2.24) is 0 Å². The normalized spacial score (nSPS) is 9.08. The van der Waals surface area contributed by atoms with E-state index in [1.807, 2.05) is 18.2 Å². The Balaban J connectivity index is 2.81. The van der Waals surface area contributed by atoms with Gasteiger partial charge in [0.2, 0.25) is 0 Å². The summed E-state index contributed by atoms with van der Waals surface area (Å²) in [7, 11) is 0. The highest BCUT2D eigenvalue weighted by molar-refractivity contribution is 9.10. The van der Waals surface area contributed by atoms with Crippen LogP contribution in [0.25, 0.3) is 0 Å². The van der Waals surface area contributed by atoms with Gasteiger partial charge in [0.05, 0.1) is 0 Å². The molecule has 2 nitrogen and oxygen atoms in total. The van der Waals surface area contributed by atoms with Crippen LogP contribution in [0.1, 0.15) is 12.0 Å². The monoisotopic (exact) mass is 238 g/mol. The van der Waals surface area contributed by atoms with Crippen LogP contribution in [-0.4, -0.2) is 6.54 Å². The molecule has 1 rings (SSSR count). The molecule has 13 heavy (non-hydrogen) atoms. The fraction of sp³-hybridized carbons (Fsp3) is 0.200. The largest absolute Gasteiger partial charge is 0.398 e. The van der Waals surface area contributed by atoms with Crippen molar-refractivity contribution in [3.05, 3.63) is 28.2 Å². The van der Waals surface area contributed by atoms with Gasteiger partial charge in [-0.25, -0.2) is 0 Å². The Bertz CT molecular complexity index is 350. The van der Waals surface area contributed by atoms with Gasteiger partial charge in [-0.2, -0.15) is 0 Å². The smallest absolute Gasteiger partial charge is 0.0459 e. The molecule has 1 aromatic carbocycles. The number of anilines is 1. The van der Waals surface area contributed by atoms with E-state index >= 15 is 0 Å². The van der Waals surface area contributed by atoms with E-state index in [-0.39, 0.29) is 0 Å². The highest BCUT2D eigenvalue weighted by atomic mass is 79.9. The second-order valence-corrected chi connectivity index (χ2v) is 3.43. The highest BCUT2D eigenvalue weighted by Crippen LogP contribution is 2.19. The van der Waals surface area contributed by atoms with E-state index in [9.17, 15) is 0 Å². The van der Waals surface area contributed by atoms with E-state index in [0.29, 0.717) is 6.54 Å². The van der Waals surface area contributed by atoms with Gasteiger partial charge in [0.25, 0.3) is 0 Å². The summed E-state index contributed by atoms with van der Waals surface area (Å²) in [5.74, 6) is 5.96. The Labute approximate surface area is 86.4 Å². The van der Waals surface area contributed by atoms with Crippen LogP contribution < -0.4 is 11.5 Å². The summed E-state index contributed by atoms with van der Waals surface area (Å²) in [6.45, 7) is 0.600. The predicted octanol–water partition coefficient (Wildman–Crippen LogP) is 1.73. The van der Waals surface area contributed by atoms with Gasteiger partial charge >= 0.3 is 0 Å². The second-order valence-electron chi connectivity index (χ2n) is 2.58. The van der Waals surface area contributed by atoms with E-state index in [1.54, 1.807) is 0 Å². The van der Waals surface area contributed by atoms with Crippen molar-refractivity contribution in [3.63, 3.8) is 0 Å². The summed E-state index contributed by atoms with van der Waals surface area (Å²) in [5.41, 5.74) is 12.6. The van der Waals surface area contributed by atoms with Gasteiger partial charge in [0, 0.05) is 28.7 Å². The summed E-state index contributed by atoms with van der Waals surface area (Å²) in [6.07, 6.45) is 0.724. The van der Waals surface area contributed by atoms with Crippen LogP contribution in [0.4, 0.5) is 5.69 Å². The van der Waals surface area contributed by atoms with Gasteiger partial charge in [-0.05, 0) is 34.1 Å². The topological polar surface area (TPSA) is 52.0 Å². The van der Waals surface area contributed by atoms with Gasteiger partial charge in [-0.1, -0.05) is 11.8 Å². The van der Waals surface area contributed by atoms with E-state index in [1.165, 1.54) is 0 Å². The first-order valence-corrected chi connectivity index (χ1v) is 4.77. The summed E-state index contributed by atoms with van der Waals surface area (Å²) in [6, 6.07) is 5.62. The zero-order chi connectivity index (χ0) is 9.68. The minimum absolute atomic E-state index is 0.600. The standard InChI is InChI=1S/C10H11BrN2/c11-9-7-8(3-1-2-6-12)4-5-10(9)13/h4-5,7H,2,6,12-13H2. The lowest BCUT2D eigenvalue weighted by Crippen LogP contribution is -1.95. The molecule has 0 spiro atoms. The zero-order valence-electron chi connectivity index (χ0n) is 7.18. The molecule has 0 aliphatic carbocycles. The molecular formula is C10H11BrN2. The lowest BCUT2D eigenvalue weighted by atomic mass is 10.2. The molecule has 0 saturated heterocycles. The first-order valence-electron chi connectivity index (χ1n) is 3.98. The zero-order valence-corrected chi connectivity index (χ0v) is 8.76. The molecule has 68 valence electrons. The molecule has 3 heteroatoms. The van der Waals surface area contributed by atoms with Crippen LogP contribution in [0.2, 0.25) is 0 Å². The number of rotatable bonds is 1. The molecular weight excluding hydrogens is 228 g/mol. The fourth-order valence-electron chi connectivity index (χ4n) is 0.842. The first-order chi connectivity index (χ1) is 6.24. The molecule has 0 aromatic heterocycles. The molecule has 0 saturated carbocycles. The molecule has 0 aliphatic rings. The average Bonchev–Trinajstić information content (AvgIpc) is 2.12. The maximum Gasteiger partial charge on any atom is 0.0459 e. The summed E-state index contributed by atoms with van der Waals surface area (Å²) in [4.78, 5) is 0. The summed E-state index contributed by atoms with van der Waals surface area (Å²) < 4.78 is 0.882. The molecule has 0 aliphatic heterocycles. The lowest BCUT2D eigenvalue weighted by molar-refractivity contribution is 1.03. The van der Waals surface area contributed by atoms with Crippen LogP contribution in [0, 0.1) is 11.8 Å². The van der Waals surface area contributed by atoms with E-state index in [0.717, 1.165) is 22.1 Å². The lowest BCUT2D eigenvalue weighted by Gasteiger charge is -1.96. The third kappa shape index (κ3) is 3.10. The molecule has 1 aromatic rings. The molecule has 0 bridgehead atoms.